The van der Waals surface area contributed by atoms with Crippen molar-refractivity contribution in [1.82, 2.24) is 9.97 Å². The van der Waals surface area contributed by atoms with E-state index in [0.29, 0.717) is 10.2 Å². The van der Waals surface area contributed by atoms with Crippen LogP contribution in [-0.2, 0) is 0 Å². The zero-order valence-corrected chi connectivity index (χ0v) is 12.2. The molecular weight excluding hydrogens is 348 g/mol. The van der Waals surface area contributed by atoms with Crippen molar-refractivity contribution in [2.45, 2.75) is 6.92 Å². The number of aromatic nitrogens is 2. The van der Waals surface area contributed by atoms with E-state index in [4.69, 9.17) is 5.11 Å². The van der Waals surface area contributed by atoms with Crippen molar-refractivity contribution in [2.24, 2.45) is 0 Å². The van der Waals surface area contributed by atoms with Crippen LogP contribution in [0.15, 0.2) is 35.1 Å². The van der Waals surface area contributed by atoms with Crippen LogP contribution in [0.4, 0.5) is 11.6 Å². The highest BCUT2D eigenvalue weighted by atomic mass is 79.9. The second kappa shape index (κ2) is 7.24. The first-order valence-corrected chi connectivity index (χ1v) is 6.18. The summed E-state index contributed by atoms with van der Waals surface area (Å²) in [6.45, 7) is 1.66. The van der Waals surface area contributed by atoms with E-state index in [1.807, 2.05) is 0 Å². The average molecular weight is 359 g/mol. The van der Waals surface area contributed by atoms with Crippen LogP contribution in [-0.4, -0.2) is 24.9 Å². The maximum Gasteiger partial charge on any atom is 0.407 e. The molecule has 0 aliphatic carbocycles. The standard InChI is InChI=1S/C6H6N2O2.C5H3BrN2O3.H2/c1-5-3-2-4-7-6(5)8(9)10;6-4-2-1-3(9)5(7-4)8(10)11;/h2-4H,1H3;1-2,9H;1H. The van der Waals surface area contributed by atoms with Crippen molar-refractivity contribution in [2.75, 3.05) is 0 Å². The number of halogens is 1. The summed E-state index contributed by atoms with van der Waals surface area (Å²) in [6.07, 6.45) is 1.41. The molecule has 0 radical (unpaired) electrons. The predicted molar refractivity (Wildman–Crippen MR) is 78.0 cm³/mol. The quantitative estimate of drug-likeness (QED) is 0.495. The topological polar surface area (TPSA) is 132 Å². The van der Waals surface area contributed by atoms with E-state index in [-0.39, 0.29) is 7.24 Å². The highest BCUT2D eigenvalue weighted by Crippen LogP contribution is 2.24. The van der Waals surface area contributed by atoms with Crippen LogP contribution in [0, 0.1) is 27.2 Å². The number of aryl methyl sites for hydroxylation is 1. The molecule has 0 aromatic carbocycles. The Balaban J connectivity index is 0.000000385. The Morgan fingerprint density at radius 2 is 1.81 bits per heavy atom. The Labute approximate surface area is 128 Å². The summed E-state index contributed by atoms with van der Waals surface area (Å²) in [5.74, 6) is -1.04. The fourth-order valence-electron chi connectivity index (χ4n) is 1.22. The van der Waals surface area contributed by atoms with Gasteiger partial charge in [0.2, 0.25) is 10.4 Å². The van der Waals surface area contributed by atoms with Gasteiger partial charge in [0.25, 0.3) is 0 Å². The highest BCUT2D eigenvalue weighted by Gasteiger charge is 2.14. The molecule has 2 heterocycles. The molecule has 0 aliphatic rings. The van der Waals surface area contributed by atoms with Crippen LogP contribution in [0.1, 0.15) is 6.99 Å². The van der Waals surface area contributed by atoms with Crippen LogP contribution in [0.25, 0.3) is 0 Å². The van der Waals surface area contributed by atoms with E-state index < -0.39 is 21.4 Å². The SMILES string of the molecule is Cc1cccnc1[N+](=O)[O-].O=[N+]([O-])c1nc(Br)ccc1O.[HH]. The molecule has 0 amide bonds. The van der Waals surface area contributed by atoms with Gasteiger partial charge in [0.05, 0.1) is 0 Å². The highest BCUT2D eigenvalue weighted by molar-refractivity contribution is 9.10. The van der Waals surface area contributed by atoms with Crippen molar-refractivity contribution in [1.29, 1.82) is 0 Å². The molecule has 0 saturated heterocycles. The first-order valence-electron chi connectivity index (χ1n) is 5.39. The third-order valence-corrected chi connectivity index (χ3v) is 2.59. The molecule has 0 spiro atoms. The van der Waals surface area contributed by atoms with Gasteiger partial charge in [-0.25, -0.2) is 0 Å². The maximum atomic E-state index is 10.2. The van der Waals surface area contributed by atoms with E-state index in [1.165, 1.54) is 18.3 Å². The normalized spacial score (nSPS) is 9.43. The first-order chi connectivity index (χ1) is 9.82. The zero-order valence-electron chi connectivity index (χ0n) is 10.6. The summed E-state index contributed by atoms with van der Waals surface area (Å²) < 4.78 is 0.321. The molecule has 2 aromatic heterocycles. The number of nitrogens with zero attached hydrogens (tertiary/aromatic N) is 4. The molecule has 0 saturated carbocycles. The lowest BCUT2D eigenvalue weighted by atomic mass is 10.3. The Kier molecular flexibility index (Phi) is 5.67. The van der Waals surface area contributed by atoms with Crippen molar-refractivity contribution in [3.63, 3.8) is 0 Å². The molecular formula is C11H11BrN4O5. The van der Waals surface area contributed by atoms with Gasteiger partial charge in [0.1, 0.15) is 6.20 Å². The van der Waals surface area contributed by atoms with Gasteiger partial charge in [-0.3, -0.25) is 0 Å². The molecule has 0 bridgehead atoms. The fraction of sp³-hybridized carbons (Fsp3) is 0.0909. The Morgan fingerprint density at radius 3 is 2.24 bits per heavy atom. The van der Waals surface area contributed by atoms with E-state index in [1.54, 1.807) is 19.1 Å². The number of nitro groups is 2. The minimum absolute atomic E-state index is 0. The van der Waals surface area contributed by atoms with Gasteiger partial charge in [-0.15, -0.1) is 0 Å². The van der Waals surface area contributed by atoms with Crippen LogP contribution in [0.2, 0.25) is 0 Å². The fourth-order valence-corrected chi connectivity index (χ4v) is 1.52. The predicted octanol–water partition coefficient (Wildman–Crippen LogP) is 3.00. The Hall–Kier alpha value is -2.62. The van der Waals surface area contributed by atoms with Crippen molar-refractivity contribution < 1.29 is 16.4 Å². The molecule has 21 heavy (non-hydrogen) atoms. The summed E-state index contributed by atoms with van der Waals surface area (Å²) in [7, 11) is 0. The summed E-state index contributed by atoms with van der Waals surface area (Å²) in [5, 5.41) is 29.2. The molecule has 10 heteroatoms. The van der Waals surface area contributed by atoms with Gasteiger partial charge < -0.3 is 25.3 Å². The van der Waals surface area contributed by atoms with Gasteiger partial charge in [0.15, 0.2) is 0 Å². The lowest BCUT2D eigenvalue weighted by molar-refractivity contribution is -0.390. The lowest BCUT2D eigenvalue weighted by Crippen LogP contribution is -1.93. The molecule has 112 valence electrons. The lowest BCUT2D eigenvalue weighted by Gasteiger charge is -1.93. The first kappa shape index (κ1) is 16.4. The van der Waals surface area contributed by atoms with E-state index in [9.17, 15) is 20.2 Å². The number of pyridine rings is 2. The van der Waals surface area contributed by atoms with Crippen molar-refractivity contribution in [3.8, 4) is 5.75 Å². The number of aromatic hydroxyl groups is 1. The molecule has 0 unspecified atom stereocenters. The van der Waals surface area contributed by atoms with Crippen LogP contribution in [0.5, 0.6) is 5.75 Å². The van der Waals surface area contributed by atoms with E-state index >= 15 is 0 Å². The van der Waals surface area contributed by atoms with E-state index in [0.717, 1.165) is 0 Å². The van der Waals surface area contributed by atoms with Crippen LogP contribution >= 0.6 is 15.9 Å². The zero-order chi connectivity index (χ0) is 16.0. The number of hydrogen-bond acceptors (Lipinski definition) is 7. The summed E-state index contributed by atoms with van der Waals surface area (Å²) in [4.78, 5) is 26.1. The van der Waals surface area contributed by atoms with Gasteiger partial charge >= 0.3 is 11.6 Å². The minimum atomic E-state index is -0.750. The van der Waals surface area contributed by atoms with Gasteiger partial charge in [-0.05, 0) is 44.9 Å². The summed E-state index contributed by atoms with van der Waals surface area (Å²) in [6, 6.07) is 5.95. The number of rotatable bonds is 2. The van der Waals surface area contributed by atoms with Gasteiger partial charge in [0, 0.05) is 29.0 Å². The van der Waals surface area contributed by atoms with Crippen LogP contribution < -0.4 is 0 Å². The van der Waals surface area contributed by atoms with Gasteiger partial charge in [-0.1, -0.05) is 0 Å². The third-order valence-electron chi connectivity index (χ3n) is 2.15. The third kappa shape index (κ3) is 4.76. The average Bonchev–Trinajstić information content (AvgIpc) is 2.42. The molecule has 9 nitrogen and oxygen atoms in total. The summed E-state index contributed by atoms with van der Waals surface area (Å²) >= 11 is 2.94. The molecule has 0 aliphatic heterocycles. The van der Waals surface area contributed by atoms with E-state index in [2.05, 4.69) is 25.9 Å². The monoisotopic (exact) mass is 358 g/mol. The molecule has 0 fully saturated rings. The van der Waals surface area contributed by atoms with Crippen molar-refractivity contribution in [3.05, 3.63) is 60.9 Å². The maximum absolute atomic E-state index is 10.2. The molecule has 2 rings (SSSR count). The smallest absolute Gasteiger partial charge is 0.407 e. The van der Waals surface area contributed by atoms with Crippen LogP contribution in [0.3, 0.4) is 0 Å². The second-order valence-corrected chi connectivity index (χ2v) is 4.45. The Morgan fingerprint density at radius 1 is 1.19 bits per heavy atom. The number of hydrogen-bond donors (Lipinski definition) is 1. The largest absolute Gasteiger partial charge is 0.501 e. The summed E-state index contributed by atoms with van der Waals surface area (Å²) in [5.41, 5.74) is 0.590. The molecule has 2 aromatic rings. The van der Waals surface area contributed by atoms with Gasteiger partial charge in [-0.2, -0.15) is 0 Å². The molecule has 0 atom stereocenters. The Bertz CT molecular complexity index is 685. The van der Waals surface area contributed by atoms with Crippen molar-refractivity contribution >= 4 is 27.6 Å². The second-order valence-electron chi connectivity index (χ2n) is 3.63. The minimum Gasteiger partial charge on any atom is -0.501 e. The molecule has 1 N–H and O–H groups in total.